The molecule has 3 rings (SSSR count). The molecular weight excluding hydrogens is 357 g/mol. The van der Waals surface area contributed by atoms with Crippen LogP contribution in [0.3, 0.4) is 0 Å². The normalized spacial score (nSPS) is 23.1. The molecule has 0 spiro atoms. The van der Waals surface area contributed by atoms with E-state index >= 15 is 0 Å². The van der Waals surface area contributed by atoms with E-state index in [1.807, 2.05) is 32.0 Å². The van der Waals surface area contributed by atoms with E-state index in [1.165, 1.54) is 11.8 Å². The number of hydrogen-bond acceptors (Lipinski definition) is 4. The Labute approximate surface area is 148 Å². The number of nitrogens with one attached hydrogen (secondary N) is 1. The molecular formula is C16H15Cl2NO3S. The summed E-state index contributed by atoms with van der Waals surface area (Å²) in [7, 11) is 0. The van der Waals surface area contributed by atoms with Gasteiger partial charge in [-0.2, -0.15) is 0 Å². The molecule has 1 aromatic carbocycles. The van der Waals surface area contributed by atoms with Crippen molar-refractivity contribution in [3.63, 3.8) is 0 Å². The maximum absolute atomic E-state index is 11.4. The lowest BCUT2D eigenvalue weighted by atomic mass is 10.0. The first kappa shape index (κ1) is 16.7. The largest absolute Gasteiger partial charge is 0.480 e. The zero-order valence-electron chi connectivity index (χ0n) is 12.5. The van der Waals surface area contributed by atoms with Crippen molar-refractivity contribution in [3.8, 4) is 11.3 Å². The van der Waals surface area contributed by atoms with Crippen molar-refractivity contribution < 1.29 is 14.3 Å². The van der Waals surface area contributed by atoms with Crippen LogP contribution in [0.2, 0.25) is 10.0 Å². The summed E-state index contributed by atoms with van der Waals surface area (Å²) in [5.74, 6) is 0.402. The molecule has 2 aromatic rings. The van der Waals surface area contributed by atoms with E-state index in [0.29, 0.717) is 27.1 Å². The molecule has 2 heterocycles. The van der Waals surface area contributed by atoms with E-state index < -0.39 is 16.8 Å². The van der Waals surface area contributed by atoms with Gasteiger partial charge in [-0.1, -0.05) is 29.3 Å². The summed E-state index contributed by atoms with van der Waals surface area (Å²) >= 11 is 13.8. The molecule has 1 aliphatic heterocycles. The minimum atomic E-state index is -0.866. The van der Waals surface area contributed by atoms with Crippen LogP contribution in [0.1, 0.15) is 25.0 Å². The molecule has 0 saturated carbocycles. The van der Waals surface area contributed by atoms with Crippen molar-refractivity contribution >= 4 is 40.9 Å². The first-order valence-electron chi connectivity index (χ1n) is 7.00. The molecule has 1 aliphatic rings. The average Bonchev–Trinajstić information content (AvgIpc) is 3.06. The van der Waals surface area contributed by atoms with Crippen LogP contribution in [0.4, 0.5) is 0 Å². The Morgan fingerprint density at radius 1 is 1.30 bits per heavy atom. The van der Waals surface area contributed by atoms with E-state index in [4.69, 9.17) is 27.6 Å². The summed E-state index contributed by atoms with van der Waals surface area (Å²) in [5.41, 5.74) is 0.711. The number of carboxylic acid groups (broad SMARTS) is 1. The molecule has 23 heavy (non-hydrogen) atoms. The van der Waals surface area contributed by atoms with Gasteiger partial charge in [-0.05, 0) is 38.1 Å². The van der Waals surface area contributed by atoms with Gasteiger partial charge in [-0.25, -0.2) is 0 Å². The lowest BCUT2D eigenvalue weighted by molar-refractivity contribution is -0.139. The van der Waals surface area contributed by atoms with Gasteiger partial charge in [0.1, 0.15) is 22.9 Å². The zero-order chi connectivity index (χ0) is 16.8. The molecule has 0 aliphatic carbocycles. The highest BCUT2D eigenvalue weighted by Crippen LogP contribution is 2.47. The van der Waals surface area contributed by atoms with E-state index in [1.54, 1.807) is 12.1 Å². The minimum absolute atomic E-state index is 0.224. The van der Waals surface area contributed by atoms with Gasteiger partial charge in [-0.3, -0.25) is 10.1 Å². The SMILES string of the molecule is CC1(C)SC(c2ccc(-c3cccc(Cl)c3Cl)o2)NC1C(=O)O. The fourth-order valence-corrected chi connectivity index (χ4v) is 4.35. The molecule has 2 unspecified atom stereocenters. The van der Waals surface area contributed by atoms with Gasteiger partial charge < -0.3 is 9.52 Å². The van der Waals surface area contributed by atoms with Crippen molar-refractivity contribution in [2.75, 3.05) is 0 Å². The topological polar surface area (TPSA) is 62.5 Å². The Kier molecular flexibility index (Phi) is 4.40. The van der Waals surface area contributed by atoms with Crippen LogP contribution in [0.15, 0.2) is 34.7 Å². The molecule has 1 fully saturated rings. The number of rotatable bonds is 3. The van der Waals surface area contributed by atoms with Gasteiger partial charge in [0, 0.05) is 10.3 Å². The molecule has 0 amide bonds. The van der Waals surface area contributed by atoms with Crippen molar-refractivity contribution in [1.29, 1.82) is 0 Å². The summed E-state index contributed by atoms with van der Waals surface area (Å²) in [6.07, 6.45) is 0. The summed E-state index contributed by atoms with van der Waals surface area (Å²) in [6, 6.07) is 8.36. The number of benzene rings is 1. The fraction of sp³-hybridized carbons (Fsp3) is 0.312. The smallest absolute Gasteiger partial charge is 0.322 e. The zero-order valence-corrected chi connectivity index (χ0v) is 14.8. The fourth-order valence-electron chi connectivity index (χ4n) is 2.60. The van der Waals surface area contributed by atoms with Crippen LogP contribution in [0.5, 0.6) is 0 Å². The number of hydrogen-bond donors (Lipinski definition) is 2. The third-order valence-electron chi connectivity index (χ3n) is 3.78. The standard InChI is InChI=1S/C16H15Cl2NO3S/c1-16(2)13(15(20)21)19-14(23-16)11-7-6-10(22-11)8-4-3-5-9(17)12(8)18/h3-7,13-14,19H,1-2H3,(H,20,21). The van der Waals surface area contributed by atoms with Gasteiger partial charge in [0.05, 0.1) is 10.0 Å². The Bertz CT molecular complexity index is 760. The van der Waals surface area contributed by atoms with Crippen molar-refractivity contribution in [2.24, 2.45) is 0 Å². The van der Waals surface area contributed by atoms with Crippen molar-refractivity contribution in [2.45, 2.75) is 30.0 Å². The molecule has 4 nitrogen and oxygen atoms in total. The maximum Gasteiger partial charge on any atom is 0.322 e. The van der Waals surface area contributed by atoms with Crippen LogP contribution >= 0.6 is 35.0 Å². The second-order valence-corrected chi connectivity index (χ2v) is 8.39. The van der Waals surface area contributed by atoms with E-state index in [9.17, 15) is 9.90 Å². The summed E-state index contributed by atoms with van der Waals surface area (Å²) in [4.78, 5) is 11.4. The molecule has 1 saturated heterocycles. The minimum Gasteiger partial charge on any atom is -0.480 e. The predicted molar refractivity (Wildman–Crippen MR) is 93.1 cm³/mol. The van der Waals surface area contributed by atoms with E-state index in [-0.39, 0.29) is 5.37 Å². The summed E-state index contributed by atoms with van der Waals surface area (Å²) in [5, 5.41) is 13.1. The Balaban J connectivity index is 1.89. The molecule has 2 N–H and O–H groups in total. The van der Waals surface area contributed by atoms with Crippen LogP contribution in [-0.4, -0.2) is 21.9 Å². The quantitative estimate of drug-likeness (QED) is 0.809. The number of thioether (sulfide) groups is 1. The van der Waals surface area contributed by atoms with Gasteiger partial charge >= 0.3 is 5.97 Å². The summed E-state index contributed by atoms with van der Waals surface area (Å²) < 4.78 is 5.46. The second-order valence-electron chi connectivity index (χ2n) is 5.84. The highest BCUT2D eigenvalue weighted by molar-refractivity contribution is 8.01. The van der Waals surface area contributed by atoms with E-state index in [2.05, 4.69) is 5.32 Å². The Morgan fingerprint density at radius 2 is 2.04 bits per heavy atom. The van der Waals surface area contributed by atoms with Crippen molar-refractivity contribution in [3.05, 3.63) is 46.1 Å². The maximum atomic E-state index is 11.4. The van der Waals surface area contributed by atoms with Gasteiger partial charge in [-0.15, -0.1) is 11.8 Å². The van der Waals surface area contributed by atoms with Crippen LogP contribution in [0.25, 0.3) is 11.3 Å². The highest BCUT2D eigenvalue weighted by atomic mass is 35.5. The average molecular weight is 372 g/mol. The number of carbonyl (C=O) groups is 1. The Morgan fingerprint density at radius 3 is 2.70 bits per heavy atom. The summed E-state index contributed by atoms with van der Waals surface area (Å²) in [6.45, 7) is 3.81. The number of halogens is 2. The third kappa shape index (κ3) is 3.11. The first-order valence-corrected chi connectivity index (χ1v) is 8.64. The van der Waals surface area contributed by atoms with E-state index in [0.717, 1.165) is 0 Å². The molecule has 122 valence electrons. The highest BCUT2D eigenvalue weighted by Gasteiger charge is 2.46. The number of furan rings is 1. The predicted octanol–water partition coefficient (Wildman–Crippen LogP) is 4.82. The lowest BCUT2D eigenvalue weighted by Gasteiger charge is -2.20. The lowest BCUT2D eigenvalue weighted by Crippen LogP contribution is -2.43. The number of aliphatic carboxylic acids is 1. The molecule has 0 bridgehead atoms. The monoisotopic (exact) mass is 371 g/mol. The van der Waals surface area contributed by atoms with Crippen LogP contribution in [0, 0.1) is 0 Å². The van der Waals surface area contributed by atoms with Crippen LogP contribution < -0.4 is 5.32 Å². The Hall–Kier alpha value is -1.14. The van der Waals surface area contributed by atoms with Gasteiger partial charge in [0.15, 0.2) is 0 Å². The molecule has 1 aromatic heterocycles. The van der Waals surface area contributed by atoms with Gasteiger partial charge in [0.2, 0.25) is 0 Å². The molecule has 2 atom stereocenters. The van der Waals surface area contributed by atoms with Crippen LogP contribution in [-0.2, 0) is 4.79 Å². The first-order chi connectivity index (χ1) is 10.8. The molecule has 7 heteroatoms. The van der Waals surface area contributed by atoms with Crippen molar-refractivity contribution in [1.82, 2.24) is 5.32 Å². The number of carboxylic acids is 1. The third-order valence-corrected chi connectivity index (χ3v) is 6.05. The van der Waals surface area contributed by atoms with Gasteiger partial charge in [0.25, 0.3) is 0 Å². The second kappa shape index (κ2) is 6.06. The molecule has 0 radical (unpaired) electrons.